The van der Waals surface area contributed by atoms with Gasteiger partial charge in [0.1, 0.15) is 5.82 Å². The molecule has 2 aliphatic rings. The zero-order valence-corrected chi connectivity index (χ0v) is 23.3. The Morgan fingerprint density at radius 2 is 1.81 bits per heavy atom. The van der Waals surface area contributed by atoms with Gasteiger partial charge in [0.25, 0.3) is 0 Å². The Hall–Kier alpha value is -2.25. The summed E-state index contributed by atoms with van der Waals surface area (Å²) in [5.41, 5.74) is 2.18. The summed E-state index contributed by atoms with van der Waals surface area (Å²) in [4.78, 5) is 33.5. The second kappa shape index (κ2) is 13.5. The van der Waals surface area contributed by atoms with Gasteiger partial charge in [-0.25, -0.2) is 4.39 Å². The third-order valence-electron chi connectivity index (χ3n) is 7.89. The molecule has 7 heteroatoms. The van der Waals surface area contributed by atoms with E-state index in [1.54, 1.807) is 23.5 Å². The van der Waals surface area contributed by atoms with E-state index in [0.717, 1.165) is 31.4 Å². The van der Waals surface area contributed by atoms with Crippen LogP contribution >= 0.6 is 11.3 Å². The summed E-state index contributed by atoms with van der Waals surface area (Å²) >= 11 is 1.76. The number of amides is 2. The first kappa shape index (κ1) is 27.8. The van der Waals surface area contributed by atoms with E-state index in [2.05, 4.69) is 30.2 Å². The molecule has 2 aromatic rings. The zero-order valence-electron chi connectivity index (χ0n) is 22.5. The van der Waals surface area contributed by atoms with Crippen LogP contribution in [-0.4, -0.2) is 65.3 Å². The number of hydrogen-bond acceptors (Lipinski definition) is 4. The minimum atomic E-state index is -0.228. The maximum atomic E-state index is 14.1. The number of piperazine rings is 1. The number of hydrogen-bond donors (Lipinski definition) is 0. The molecular formula is C30H42FN3O2S. The van der Waals surface area contributed by atoms with Crippen LogP contribution in [-0.2, 0) is 16.0 Å². The second-order valence-corrected chi connectivity index (χ2v) is 11.6. The third kappa shape index (κ3) is 7.20. The molecule has 0 radical (unpaired) electrons. The van der Waals surface area contributed by atoms with Gasteiger partial charge in [0.05, 0.1) is 6.04 Å². The first-order valence-corrected chi connectivity index (χ1v) is 15.0. The predicted octanol–water partition coefficient (Wildman–Crippen LogP) is 6.03. The lowest BCUT2D eigenvalue weighted by Gasteiger charge is -2.41. The molecule has 1 aromatic carbocycles. The van der Waals surface area contributed by atoms with Crippen LogP contribution in [0.15, 0.2) is 35.7 Å². The number of thiophene rings is 1. The second-order valence-electron chi connectivity index (χ2n) is 10.6. The van der Waals surface area contributed by atoms with Crippen molar-refractivity contribution >= 4 is 23.2 Å². The van der Waals surface area contributed by atoms with Crippen LogP contribution in [0, 0.1) is 5.82 Å². The molecule has 3 heterocycles. The summed E-state index contributed by atoms with van der Waals surface area (Å²) in [6, 6.07) is 9.03. The van der Waals surface area contributed by atoms with Gasteiger partial charge in [-0.2, -0.15) is 0 Å². The van der Waals surface area contributed by atoms with Crippen LogP contribution in [0.4, 0.5) is 4.39 Å². The smallest absolute Gasteiger partial charge is 0.223 e. The Bertz CT molecular complexity index is 1040. The van der Waals surface area contributed by atoms with E-state index >= 15 is 0 Å². The molecule has 1 fully saturated rings. The molecule has 0 aliphatic carbocycles. The maximum Gasteiger partial charge on any atom is 0.223 e. The number of unbranched alkanes of at least 4 members (excludes halogenated alkanes) is 5. The number of carbonyl (C=O) groups is 2. The van der Waals surface area contributed by atoms with Crippen LogP contribution in [0.25, 0.3) is 0 Å². The largest absolute Gasteiger partial charge is 0.339 e. The van der Waals surface area contributed by atoms with Gasteiger partial charge in [-0.3, -0.25) is 14.5 Å². The van der Waals surface area contributed by atoms with Crippen LogP contribution in [0.2, 0.25) is 0 Å². The first-order valence-electron chi connectivity index (χ1n) is 14.1. The summed E-state index contributed by atoms with van der Waals surface area (Å²) in [6.45, 7) is 7.60. The van der Waals surface area contributed by atoms with Gasteiger partial charge in [0, 0.05) is 56.5 Å². The molecule has 1 aromatic heterocycles. The SMILES string of the molecule is CCCCCCCCC(=O)N1CCN(C(=O)CCN2CCc3sccc3[C@H]2c2cccc(F)c2)C[C@H]1C. The highest BCUT2D eigenvalue weighted by molar-refractivity contribution is 7.10. The summed E-state index contributed by atoms with van der Waals surface area (Å²) in [7, 11) is 0. The monoisotopic (exact) mass is 527 g/mol. The Kier molecular flexibility index (Phi) is 10.1. The van der Waals surface area contributed by atoms with Crippen molar-refractivity contribution < 1.29 is 14.0 Å². The van der Waals surface area contributed by atoms with Crippen LogP contribution < -0.4 is 0 Å². The highest BCUT2D eigenvalue weighted by Gasteiger charge is 2.32. The molecule has 2 amide bonds. The number of carbonyl (C=O) groups excluding carboxylic acids is 2. The molecule has 0 saturated carbocycles. The third-order valence-corrected chi connectivity index (χ3v) is 8.88. The van der Waals surface area contributed by atoms with E-state index in [-0.39, 0.29) is 29.7 Å². The fraction of sp³-hybridized carbons (Fsp3) is 0.600. The average molecular weight is 528 g/mol. The molecule has 202 valence electrons. The van der Waals surface area contributed by atoms with Gasteiger partial charge in [-0.05, 0) is 54.5 Å². The normalized spacial score (nSPS) is 20.2. The number of halogens is 1. The standard InChI is InChI=1S/C30H42FN3O2S/c1-3-4-5-6-7-8-12-29(36)34-19-18-33(22-23(34)2)28(35)14-17-32-16-13-27-26(15-20-37-27)30(32)24-10-9-11-25(31)21-24/h9-11,15,20-21,23,30H,3-8,12-14,16-19,22H2,1-2H3/t23-,30-/m1/s1. The Labute approximate surface area is 225 Å². The van der Waals surface area contributed by atoms with Crippen molar-refractivity contribution in [2.45, 2.75) is 83.7 Å². The molecule has 4 rings (SSSR count). The minimum absolute atomic E-state index is 0.0196. The van der Waals surface area contributed by atoms with Crippen LogP contribution in [0.5, 0.6) is 0 Å². The molecule has 37 heavy (non-hydrogen) atoms. The van der Waals surface area contributed by atoms with Gasteiger partial charge in [0.15, 0.2) is 0 Å². The summed E-state index contributed by atoms with van der Waals surface area (Å²) in [6.07, 6.45) is 9.08. The van der Waals surface area contributed by atoms with Crippen molar-refractivity contribution in [3.63, 3.8) is 0 Å². The quantitative estimate of drug-likeness (QED) is 0.335. The molecular weight excluding hydrogens is 485 g/mol. The molecule has 0 unspecified atom stereocenters. The number of benzene rings is 1. The highest BCUT2D eigenvalue weighted by Crippen LogP contribution is 2.38. The van der Waals surface area contributed by atoms with Crippen LogP contribution in [0.1, 0.15) is 87.3 Å². The van der Waals surface area contributed by atoms with E-state index in [0.29, 0.717) is 39.0 Å². The lowest BCUT2D eigenvalue weighted by molar-refractivity contribution is -0.142. The molecule has 0 bridgehead atoms. The molecule has 2 aliphatic heterocycles. The fourth-order valence-corrected chi connectivity index (χ4v) is 6.73. The van der Waals surface area contributed by atoms with E-state index in [4.69, 9.17) is 0 Å². The predicted molar refractivity (Wildman–Crippen MR) is 148 cm³/mol. The lowest BCUT2D eigenvalue weighted by atomic mass is 9.93. The number of rotatable bonds is 11. The van der Waals surface area contributed by atoms with E-state index < -0.39 is 0 Å². The van der Waals surface area contributed by atoms with Crippen molar-refractivity contribution in [2.24, 2.45) is 0 Å². The Balaban J connectivity index is 1.28. The van der Waals surface area contributed by atoms with E-state index in [1.807, 2.05) is 15.9 Å². The number of nitrogens with zero attached hydrogens (tertiary/aromatic N) is 3. The van der Waals surface area contributed by atoms with Gasteiger partial charge in [-0.1, -0.05) is 51.2 Å². The Morgan fingerprint density at radius 3 is 2.59 bits per heavy atom. The van der Waals surface area contributed by atoms with Crippen molar-refractivity contribution in [2.75, 3.05) is 32.7 Å². The van der Waals surface area contributed by atoms with Gasteiger partial charge in [-0.15, -0.1) is 11.3 Å². The maximum absolute atomic E-state index is 14.1. The van der Waals surface area contributed by atoms with Gasteiger partial charge >= 0.3 is 0 Å². The fourth-order valence-electron chi connectivity index (χ4n) is 5.83. The molecule has 5 nitrogen and oxygen atoms in total. The first-order chi connectivity index (χ1) is 18.0. The minimum Gasteiger partial charge on any atom is -0.339 e. The summed E-state index contributed by atoms with van der Waals surface area (Å²) < 4.78 is 14.1. The lowest BCUT2D eigenvalue weighted by Crippen LogP contribution is -2.55. The van der Waals surface area contributed by atoms with Gasteiger partial charge in [0.2, 0.25) is 11.8 Å². The zero-order chi connectivity index (χ0) is 26.2. The number of fused-ring (bicyclic) bond motifs is 1. The summed E-state index contributed by atoms with van der Waals surface area (Å²) in [5, 5.41) is 2.11. The van der Waals surface area contributed by atoms with Crippen LogP contribution in [0.3, 0.4) is 0 Å². The molecule has 2 atom stereocenters. The van der Waals surface area contributed by atoms with Crippen molar-refractivity contribution in [1.29, 1.82) is 0 Å². The molecule has 0 spiro atoms. The average Bonchev–Trinajstić information content (AvgIpc) is 3.37. The van der Waals surface area contributed by atoms with Gasteiger partial charge < -0.3 is 9.80 Å². The highest BCUT2D eigenvalue weighted by atomic mass is 32.1. The topological polar surface area (TPSA) is 43.9 Å². The van der Waals surface area contributed by atoms with E-state index in [1.165, 1.54) is 42.2 Å². The molecule has 0 N–H and O–H groups in total. The Morgan fingerprint density at radius 1 is 1.00 bits per heavy atom. The van der Waals surface area contributed by atoms with Crippen molar-refractivity contribution in [3.05, 3.63) is 57.5 Å². The van der Waals surface area contributed by atoms with Crippen molar-refractivity contribution in [1.82, 2.24) is 14.7 Å². The molecule has 1 saturated heterocycles. The van der Waals surface area contributed by atoms with E-state index in [9.17, 15) is 14.0 Å². The van der Waals surface area contributed by atoms with Crippen molar-refractivity contribution in [3.8, 4) is 0 Å². The summed E-state index contributed by atoms with van der Waals surface area (Å²) in [5.74, 6) is 0.144.